The predicted molar refractivity (Wildman–Crippen MR) is 95.5 cm³/mol. The molecular weight excluding hydrogens is 304 g/mol. The number of esters is 1. The van der Waals surface area contributed by atoms with Gasteiger partial charge in [-0.2, -0.15) is 0 Å². The maximum Gasteiger partial charge on any atom is 0.338 e. The highest BCUT2D eigenvalue weighted by molar-refractivity contribution is 6.00. The van der Waals surface area contributed by atoms with Crippen molar-refractivity contribution >= 4 is 23.4 Å². The quantitative estimate of drug-likeness (QED) is 0.797. The minimum absolute atomic E-state index is 0.167. The smallest absolute Gasteiger partial charge is 0.338 e. The molecule has 0 heterocycles. The van der Waals surface area contributed by atoms with Crippen LogP contribution in [0.3, 0.4) is 0 Å². The van der Waals surface area contributed by atoms with Crippen molar-refractivity contribution in [3.05, 3.63) is 59.7 Å². The number of nitrogens with one attached hydrogen (secondary N) is 2. The van der Waals surface area contributed by atoms with E-state index in [-0.39, 0.29) is 18.1 Å². The maximum absolute atomic E-state index is 12.0. The van der Waals surface area contributed by atoms with Gasteiger partial charge in [0, 0.05) is 11.4 Å². The Morgan fingerprint density at radius 2 is 1.42 bits per heavy atom. The van der Waals surface area contributed by atoms with Crippen molar-refractivity contribution in [2.45, 2.75) is 33.3 Å². The zero-order valence-corrected chi connectivity index (χ0v) is 14.1. The van der Waals surface area contributed by atoms with Crippen molar-refractivity contribution in [2.75, 3.05) is 10.6 Å². The number of amides is 2. The molecule has 2 aromatic carbocycles. The number of anilines is 2. The molecule has 0 saturated heterocycles. The Morgan fingerprint density at radius 1 is 0.917 bits per heavy atom. The summed E-state index contributed by atoms with van der Waals surface area (Å²) in [5, 5.41) is 5.49. The van der Waals surface area contributed by atoms with Crippen LogP contribution in [-0.2, 0) is 11.2 Å². The van der Waals surface area contributed by atoms with Crippen LogP contribution in [-0.4, -0.2) is 18.1 Å². The molecule has 0 aliphatic carbocycles. The zero-order valence-electron chi connectivity index (χ0n) is 14.1. The van der Waals surface area contributed by atoms with E-state index in [1.807, 2.05) is 24.3 Å². The summed E-state index contributed by atoms with van der Waals surface area (Å²) in [6.45, 7) is 5.67. The Balaban J connectivity index is 1.92. The van der Waals surface area contributed by atoms with E-state index in [0.29, 0.717) is 11.3 Å². The van der Waals surface area contributed by atoms with Gasteiger partial charge in [-0.25, -0.2) is 9.59 Å². The van der Waals surface area contributed by atoms with Gasteiger partial charge in [-0.3, -0.25) is 0 Å². The number of aryl methyl sites for hydroxylation is 1. The van der Waals surface area contributed by atoms with Gasteiger partial charge in [0.15, 0.2) is 0 Å². The van der Waals surface area contributed by atoms with E-state index in [4.69, 9.17) is 4.74 Å². The lowest BCUT2D eigenvalue weighted by molar-refractivity contribution is 0.0378. The Labute approximate surface area is 142 Å². The van der Waals surface area contributed by atoms with Crippen LogP contribution in [0.4, 0.5) is 16.2 Å². The Bertz CT molecular complexity index is 692. The van der Waals surface area contributed by atoms with E-state index in [9.17, 15) is 9.59 Å². The fourth-order valence-electron chi connectivity index (χ4n) is 2.09. The number of hydrogen-bond acceptors (Lipinski definition) is 3. The minimum atomic E-state index is -0.378. The monoisotopic (exact) mass is 326 g/mol. The number of ether oxygens (including phenoxy) is 1. The topological polar surface area (TPSA) is 67.4 Å². The summed E-state index contributed by atoms with van der Waals surface area (Å²) >= 11 is 0. The van der Waals surface area contributed by atoms with Gasteiger partial charge >= 0.3 is 12.0 Å². The SMILES string of the molecule is CCc1ccc(NC(=O)Nc2ccc(C(=O)OC(C)C)cc2)cc1. The summed E-state index contributed by atoms with van der Waals surface area (Å²) in [6.07, 6.45) is 0.790. The predicted octanol–water partition coefficient (Wildman–Crippen LogP) is 4.46. The molecule has 0 atom stereocenters. The summed E-state index contributed by atoms with van der Waals surface area (Å²) in [5.41, 5.74) is 2.98. The van der Waals surface area contributed by atoms with Crippen LogP contribution in [0.15, 0.2) is 48.5 Å². The van der Waals surface area contributed by atoms with Crippen LogP contribution in [0.1, 0.15) is 36.7 Å². The third-order valence-corrected chi connectivity index (χ3v) is 3.34. The van der Waals surface area contributed by atoms with Gasteiger partial charge < -0.3 is 15.4 Å². The molecule has 2 rings (SSSR count). The van der Waals surface area contributed by atoms with E-state index in [1.165, 1.54) is 5.56 Å². The van der Waals surface area contributed by atoms with E-state index < -0.39 is 0 Å². The van der Waals surface area contributed by atoms with Crippen molar-refractivity contribution in [3.8, 4) is 0 Å². The molecule has 2 N–H and O–H groups in total. The van der Waals surface area contributed by atoms with Crippen molar-refractivity contribution in [3.63, 3.8) is 0 Å². The van der Waals surface area contributed by atoms with Gasteiger partial charge in [0.1, 0.15) is 0 Å². The third kappa shape index (κ3) is 5.12. The fourth-order valence-corrected chi connectivity index (χ4v) is 2.09. The largest absolute Gasteiger partial charge is 0.459 e. The second kappa shape index (κ2) is 8.15. The Hall–Kier alpha value is -2.82. The second-order valence-electron chi connectivity index (χ2n) is 5.66. The van der Waals surface area contributed by atoms with Gasteiger partial charge in [0.2, 0.25) is 0 Å². The molecular formula is C19H22N2O3. The molecule has 2 amide bonds. The number of carbonyl (C=O) groups is 2. The highest BCUT2D eigenvalue weighted by Crippen LogP contribution is 2.13. The summed E-state index contributed by atoms with van der Waals surface area (Å²) < 4.78 is 5.12. The highest BCUT2D eigenvalue weighted by Gasteiger charge is 2.09. The van der Waals surface area contributed by atoms with Crippen molar-refractivity contribution in [1.29, 1.82) is 0 Å². The minimum Gasteiger partial charge on any atom is -0.459 e. The van der Waals surface area contributed by atoms with Crippen LogP contribution < -0.4 is 10.6 Å². The molecule has 2 aromatic rings. The molecule has 0 aliphatic heterocycles. The van der Waals surface area contributed by atoms with Crippen LogP contribution in [0, 0.1) is 0 Å². The van der Waals surface area contributed by atoms with Crippen LogP contribution >= 0.6 is 0 Å². The number of rotatable bonds is 5. The number of carbonyl (C=O) groups excluding carboxylic acids is 2. The van der Waals surface area contributed by atoms with E-state index >= 15 is 0 Å². The summed E-state index contributed by atoms with van der Waals surface area (Å²) in [4.78, 5) is 23.7. The molecule has 0 radical (unpaired) electrons. The second-order valence-corrected chi connectivity index (χ2v) is 5.66. The summed E-state index contributed by atoms with van der Waals surface area (Å²) in [5.74, 6) is -0.378. The summed E-state index contributed by atoms with van der Waals surface area (Å²) in [7, 11) is 0. The van der Waals surface area contributed by atoms with E-state index in [2.05, 4.69) is 17.6 Å². The average molecular weight is 326 g/mol. The van der Waals surface area contributed by atoms with Gasteiger partial charge in [0.05, 0.1) is 11.7 Å². The summed E-state index contributed by atoms with van der Waals surface area (Å²) in [6, 6.07) is 13.9. The first-order chi connectivity index (χ1) is 11.5. The van der Waals surface area contributed by atoms with Crippen LogP contribution in [0.25, 0.3) is 0 Å². The molecule has 5 nitrogen and oxygen atoms in total. The van der Waals surface area contributed by atoms with Crippen molar-refractivity contribution in [1.82, 2.24) is 0 Å². The molecule has 0 unspecified atom stereocenters. The zero-order chi connectivity index (χ0) is 17.5. The number of hydrogen-bond donors (Lipinski definition) is 2. The van der Waals surface area contributed by atoms with E-state index in [1.54, 1.807) is 38.1 Å². The molecule has 0 aromatic heterocycles. The first kappa shape index (κ1) is 17.5. The number of urea groups is 1. The van der Waals surface area contributed by atoms with Crippen molar-refractivity contribution in [2.24, 2.45) is 0 Å². The lowest BCUT2D eigenvalue weighted by Crippen LogP contribution is -2.19. The lowest BCUT2D eigenvalue weighted by atomic mass is 10.1. The molecule has 126 valence electrons. The highest BCUT2D eigenvalue weighted by atomic mass is 16.5. The lowest BCUT2D eigenvalue weighted by Gasteiger charge is -2.10. The first-order valence-electron chi connectivity index (χ1n) is 7.96. The van der Waals surface area contributed by atoms with Crippen molar-refractivity contribution < 1.29 is 14.3 Å². The van der Waals surface area contributed by atoms with Gasteiger partial charge in [-0.05, 0) is 62.2 Å². The average Bonchev–Trinajstić information content (AvgIpc) is 2.55. The van der Waals surface area contributed by atoms with Crippen LogP contribution in [0.5, 0.6) is 0 Å². The Morgan fingerprint density at radius 3 is 1.88 bits per heavy atom. The molecule has 5 heteroatoms. The maximum atomic E-state index is 12.0. The van der Waals surface area contributed by atoms with E-state index in [0.717, 1.165) is 12.1 Å². The molecule has 24 heavy (non-hydrogen) atoms. The molecule has 0 bridgehead atoms. The standard InChI is InChI=1S/C19H22N2O3/c1-4-14-5-9-16(10-6-14)20-19(23)21-17-11-7-15(8-12-17)18(22)24-13(2)3/h5-13H,4H2,1-3H3,(H2,20,21,23). The fraction of sp³-hybridized carbons (Fsp3) is 0.263. The molecule has 0 aliphatic rings. The Kier molecular flexibility index (Phi) is 5.95. The van der Waals surface area contributed by atoms with Gasteiger partial charge in [-0.15, -0.1) is 0 Å². The number of benzene rings is 2. The molecule has 0 saturated carbocycles. The third-order valence-electron chi connectivity index (χ3n) is 3.34. The molecule has 0 fully saturated rings. The van der Waals surface area contributed by atoms with Gasteiger partial charge in [-0.1, -0.05) is 19.1 Å². The van der Waals surface area contributed by atoms with Crippen LogP contribution in [0.2, 0.25) is 0 Å². The molecule has 0 spiro atoms. The normalized spacial score (nSPS) is 10.3. The van der Waals surface area contributed by atoms with Gasteiger partial charge in [0.25, 0.3) is 0 Å². The first-order valence-corrected chi connectivity index (χ1v) is 7.96.